The molecule has 0 unspecified atom stereocenters. The molecule has 0 aliphatic carbocycles. The Hall–Kier alpha value is -1.53. The zero-order valence-corrected chi connectivity index (χ0v) is 13.2. The van der Waals surface area contributed by atoms with Crippen LogP contribution in [0.1, 0.15) is 27.7 Å². The Kier molecular flexibility index (Phi) is 3.08. The minimum Gasteiger partial charge on any atom is -0.494 e. The van der Waals surface area contributed by atoms with Crippen molar-refractivity contribution in [3.63, 3.8) is 0 Å². The van der Waals surface area contributed by atoms with Crippen molar-refractivity contribution < 1.29 is 14.4 Å². The third kappa shape index (κ3) is 2.22. The van der Waals surface area contributed by atoms with Crippen LogP contribution in [-0.4, -0.2) is 42.0 Å². The Labute approximate surface area is 125 Å². The van der Waals surface area contributed by atoms with Crippen LogP contribution >= 0.6 is 0 Å². The van der Waals surface area contributed by atoms with Gasteiger partial charge in [-0.2, -0.15) is 0 Å². The monoisotopic (exact) mass is 288 g/mol. The van der Waals surface area contributed by atoms with Gasteiger partial charge in [-0.05, 0) is 45.3 Å². The molecule has 1 N–H and O–H groups in total. The minimum absolute atomic E-state index is 0.250. The van der Waals surface area contributed by atoms with Crippen molar-refractivity contribution in [2.75, 3.05) is 13.7 Å². The van der Waals surface area contributed by atoms with E-state index in [1.807, 2.05) is 52.9 Å². The summed E-state index contributed by atoms with van der Waals surface area (Å²) in [5, 5.41) is 11.6. The highest BCUT2D eigenvalue weighted by atomic mass is 16.7. The lowest BCUT2D eigenvalue weighted by Gasteiger charge is -2.32. The van der Waals surface area contributed by atoms with Crippen LogP contribution in [0.2, 0.25) is 0 Å². The van der Waals surface area contributed by atoms with Crippen molar-refractivity contribution in [3.8, 4) is 0 Å². The fourth-order valence-corrected chi connectivity index (χ4v) is 2.45. The minimum atomic E-state index is -0.405. The Morgan fingerprint density at radius 3 is 2.43 bits per heavy atom. The van der Waals surface area contributed by atoms with Gasteiger partial charge in [-0.3, -0.25) is 4.99 Å². The predicted molar refractivity (Wildman–Crippen MR) is 81.6 cm³/mol. The van der Waals surface area contributed by atoms with Crippen LogP contribution in [0.5, 0.6) is 0 Å². The van der Waals surface area contributed by atoms with Crippen molar-refractivity contribution in [2.24, 2.45) is 4.99 Å². The molecule has 112 valence electrons. The van der Waals surface area contributed by atoms with Gasteiger partial charge in [0.05, 0.1) is 21.8 Å². The zero-order valence-electron chi connectivity index (χ0n) is 13.2. The molecular formula is C15H21BN2O3. The molecule has 1 fully saturated rings. The van der Waals surface area contributed by atoms with Gasteiger partial charge >= 0.3 is 7.12 Å². The summed E-state index contributed by atoms with van der Waals surface area (Å²) in [7, 11) is 1.40. The Balaban J connectivity index is 2.01. The van der Waals surface area contributed by atoms with E-state index in [9.17, 15) is 5.11 Å². The van der Waals surface area contributed by atoms with Crippen molar-refractivity contribution in [1.29, 1.82) is 0 Å². The topological polar surface area (TPSA) is 54.3 Å². The molecule has 1 aromatic rings. The van der Waals surface area contributed by atoms with Crippen LogP contribution in [0.25, 0.3) is 5.88 Å². The van der Waals surface area contributed by atoms with Gasteiger partial charge in [0.15, 0.2) is 5.88 Å². The fourth-order valence-electron chi connectivity index (χ4n) is 2.45. The van der Waals surface area contributed by atoms with Crippen LogP contribution < -0.4 is 16.0 Å². The highest BCUT2D eigenvalue weighted by molar-refractivity contribution is 6.62. The maximum absolute atomic E-state index is 10.1. The third-order valence-corrected chi connectivity index (χ3v) is 4.60. The summed E-state index contributed by atoms with van der Waals surface area (Å²) >= 11 is 0. The van der Waals surface area contributed by atoms with Gasteiger partial charge < -0.3 is 19.3 Å². The average Bonchev–Trinajstić information content (AvgIpc) is 2.63. The number of hydrogen-bond acceptors (Lipinski definition) is 5. The number of hydrogen-bond donors (Lipinski definition) is 1. The van der Waals surface area contributed by atoms with E-state index in [0.29, 0.717) is 6.67 Å². The summed E-state index contributed by atoms with van der Waals surface area (Å²) in [6, 6.07) is 5.72. The molecule has 2 heterocycles. The van der Waals surface area contributed by atoms with E-state index < -0.39 is 7.12 Å². The number of rotatable bonds is 1. The number of aliphatic hydroxyl groups is 1. The Morgan fingerprint density at radius 2 is 1.81 bits per heavy atom. The molecule has 2 aliphatic heterocycles. The molecule has 6 heteroatoms. The van der Waals surface area contributed by atoms with Gasteiger partial charge in [-0.15, -0.1) is 0 Å². The highest BCUT2D eigenvalue weighted by Crippen LogP contribution is 2.36. The highest BCUT2D eigenvalue weighted by Gasteiger charge is 2.51. The van der Waals surface area contributed by atoms with Crippen LogP contribution in [0.4, 0.5) is 0 Å². The summed E-state index contributed by atoms with van der Waals surface area (Å²) in [5.41, 5.74) is 0.201. The normalized spacial score (nSPS) is 23.0. The van der Waals surface area contributed by atoms with E-state index in [0.717, 1.165) is 16.0 Å². The lowest BCUT2D eigenvalue weighted by molar-refractivity contribution is 0.00578. The zero-order chi connectivity index (χ0) is 15.4. The van der Waals surface area contributed by atoms with Crippen molar-refractivity contribution in [1.82, 2.24) is 4.90 Å². The first-order chi connectivity index (χ1) is 9.71. The molecule has 5 nitrogen and oxygen atoms in total. The van der Waals surface area contributed by atoms with Gasteiger partial charge in [0.25, 0.3) is 0 Å². The first-order valence-electron chi connectivity index (χ1n) is 7.16. The van der Waals surface area contributed by atoms with Crippen LogP contribution in [0, 0.1) is 0 Å². The first-order valence-corrected chi connectivity index (χ1v) is 7.16. The molecule has 0 saturated carbocycles. The Bertz CT molecular complexity index is 683. The van der Waals surface area contributed by atoms with Gasteiger partial charge in [0.2, 0.25) is 0 Å². The molecule has 0 bridgehead atoms. The molecule has 3 rings (SSSR count). The molecule has 0 aromatic heterocycles. The molecular weight excluding hydrogens is 267 g/mol. The van der Waals surface area contributed by atoms with Gasteiger partial charge in [-0.25, -0.2) is 0 Å². The van der Waals surface area contributed by atoms with Crippen LogP contribution in [0.15, 0.2) is 23.2 Å². The molecule has 0 amide bonds. The SMILES string of the molecule is CN1CN=c2cc(B3OC(C)(C)C(C)(C)O3)ccc2=C1O. The molecule has 1 aromatic carbocycles. The second-order valence-corrected chi connectivity index (χ2v) is 6.69. The fraction of sp³-hybridized carbons (Fsp3) is 0.533. The smallest absolute Gasteiger partial charge is 0.494 e. The second kappa shape index (κ2) is 4.48. The summed E-state index contributed by atoms with van der Waals surface area (Å²) in [6.07, 6.45) is 0. The van der Waals surface area contributed by atoms with Gasteiger partial charge in [0, 0.05) is 7.05 Å². The number of nitrogens with zero attached hydrogens (tertiary/aromatic N) is 2. The third-order valence-electron chi connectivity index (χ3n) is 4.60. The lowest BCUT2D eigenvalue weighted by Crippen LogP contribution is -2.44. The number of benzene rings is 1. The van der Waals surface area contributed by atoms with Crippen LogP contribution in [0.3, 0.4) is 0 Å². The van der Waals surface area contributed by atoms with Gasteiger partial charge in [-0.1, -0.05) is 6.07 Å². The van der Waals surface area contributed by atoms with Crippen molar-refractivity contribution in [2.45, 2.75) is 38.9 Å². The lowest BCUT2D eigenvalue weighted by atomic mass is 9.79. The van der Waals surface area contributed by atoms with E-state index in [4.69, 9.17) is 9.31 Å². The molecule has 1 saturated heterocycles. The summed E-state index contributed by atoms with van der Waals surface area (Å²) < 4.78 is 12.1. The first kappa shape index (κ1) is 14.4. The van der Waals surface area contributed by atoms with Crippen LogP contribution in [-0.2, 0) is 9.31 Å². The average molecular weight is 288 g/mol. The van der Waals surface area contributed by atoms with E-state index in [2.05, 4.69) is 4.99 Å². The maximum Gasteiger partial charge on any atom is 0.494 e. The molecule has 21 heavy (non-hydrogen) atoms. The summed E-state index contributed by atoms with van der Waals surface area (Å²) in [6.45, 7) is 8.58. The Morgan fingerprint density at radius 1 is 1.19 bits per heavy atom. The predicted octanol–water partition coefficient (Wildman–Crippen LogP) is 0.132. The number of fused-ring (bicyclic) bond motifs is 1. The van der Waals surface area contributed by atoms with E-state index in [1.165, 1.54) is 0 Å². The maximum atomic E-state index is 10.1. The van der Waals surface area contributed by atoms with Crippen molar-refractivity contribution in [3.05, 3.63) is 28.8 Å². The molecule has 0 atom stereocenters. The van der Waals surface area contributed by atoms with E-state index >= 15 is 0 Å². The van der Waals surface area contributed by atoms with Gasteiger partial charge in [0.1, 0.15) is 6.67 Å². The molecule has 2 aliphatic rings. The standard InChI is InChI=1S/C15H21BN2O3/c1-14(2)15(3,4)21-16(20-14)10-6-7-11-12(8-10)17-9-18(5)13(11)19/h6-8,19H,9H2,1-5H3. The largest absolute Gasteiger partial charge is 0.494 e. The van der Waals surface area contributed by atoms with E-state index in [-0.39, 0.29) is 17.1 Å². The molecule has 0 radical (unpaired) electrons. The quantitative estimate of drug-likeness (QED) is 0.747. The summed E-state index contributed by atoms with van der Waals surface area (Å²) in [4.78, 5) is 6.17. The number of aliphatic hydroxyl groups excluding tert-OH is 1. The second-order valence-electron chi connectivity index (χ2n) is 6.69. The van der Waals surface area contributed by atoms with E-state index in [1.54, 1.807) is 4.90 Å². The molecule has 0 spiro atoms. The van der Waals surface area contributed by atoms with Crippen molar-refractivity contribution >= 4 is 18.5 Å². The summed E-state index contributed by atoms with van der Waals surface area (Å²) in [5.74, 6) is 0.250.